The van der Waals surface area contributed by atoms with Crippen molar-refractivity contribution in [2.24, 2.45) is 0 Å². The summed E-state index contributed by atoms with van der Waals surface area (Å²) in [6, 6.07) is 0. The highest BCUT2D eigenvalue weighted by molar-refractivity contribution is 7.71. The van der Waals surface area contributed by atoms with E-state index in [9.17, 15) is 14.7 Å². The Kier molecular flexibility index (Phi) is 6.07. The predicted octanol–water partition coefficient (Wildman–Crippen LogP) is 3.56. The van der Waals surface area contributed by atoms with E-state index in [1.165, 1.54) is 15.5 Å². The molecule has 1 aromatic rings. The van der Waals surface area contributed by atoms with E-state index in [1.54, 1.807) is 26.8 Å². The first-order chi connectivity index (χ1) is 12.1. The molecule has 1 fully saturated rings. The average Bonchev–Trinajstić information content (AvgIpc) is 2.54. The highest BCUT2D eigenvalue weighted by atomic mass is 32.1. The zero-order chi connectivity index (χ0) is 19.5. The van der Waals surface area contributed by atoms with Crippen LogP contribution in [0.25, 0.3) is 6.08 Å². The molecule has 2 heterocycles. The maximum Gasteiger partial charge on any atom is 0.414 e. The third kappa shape index (κ3) is 4.63. The van der Waals surface area contributed by atoms with Crippen molar-refractivity contribution in [3.8, 4) is 5.88 Å². The lowest BCUT2D eigenvalue weighted by Crippen LogP contribution is -2.38. The number of carbonyl (C=O) groups excluding carboxylic acids is 1. The lowest BCUT2D eigenvalue weighted by atomic mass is 10.1. The molecule has 0 aromatic carbocycles. The van der Waals surface area contributed by atoms with Gasteiger partial charge >= 0.3 is 6.09 Å². The molecule has 0 unspecified atom stereocenters. The van der Waals surface area contributed by atoms with Gasteiger partial charge in [-0.25, -0.2) is 4.79 Å². The number of carbonyl (C=O) groups is 1. The van der Waals surface area contributed by atoms with E-state index in [0.29, 0.717) is 18.7 Å². The predicted molar refractivity (Wildman–Crippen MR) is 103 cm³/mol. The van der Waals surface area contributed by atoms with Gasteiger partial charge in [0.1, 0.15) is 11.2 Å². The number of nitrogens with zero attached hydrogens (tertiary/aromatic N) is 2. The fraction of sp³-hybridized carbons (Fsp3) is 0.500. The number of aromatic hydroxyl groups is 1. The van der Waals surface area contributed by atoms with Gasteiger partial charge in [-0.3, -0.25) is 19.2 Å². The van der Waals surface area contributed by atoms with Crippen LogP contribution in [0.15, 0.2) is 23.1 Å². The lowest BCUT2D eigenvalue weighted by molar-refractivity contribution is 0.0289. The van der Waals surface area contributed by atoms with Crippen molar-refractivity contribution < 1.29 is 14.6 Å². The van der Waals surface area contributed by atoms with E-state index in [2.05, 4.69) is 11.6 Å². The molecule has 1 aliphatic heterocycles. The van der Waals surface area contributed by atoms with Crippen molar-refractivity contribution in [2.75, 3.05) is 6.54 Å². The fourth-order valence-corrected chi connectivity index (χ4v) is 2.95. The summed E-state index contributed by atoms with van der Waals surface area (Å²) >= 11 is 5.08. The standard InChI is InChI=1S/C18H25N3O4S/c1-5-9-21-15(23)13(14(22)19-16(21)26)11-12-8-6-7-10-20(12)17(24)25-18(2,3)4/h5,11,23H,1,6-10H2,2-4H3,(H,19,22,26). The van der Waals surface area contributed by atoms with Gasteiger partial charge in [0.2, 0.25) is 5.88 Å². The summed E-state index contributed by atoms with van der Waals surface area (Å²) in [7, 11) is 0. The van der Waals surface area contributed by atoms with Crippen molar-refractivity contribution in [2.45, 2.75) is 52.2 Å². The molecule has 0 aliphatic carbocycles. The first-order valence-electron chi connectivity index (χ1n) is 8.52. The molecule has 0 saturated carbocycles. The number of nitrogens with one attached hydrogen (secondary N) is 1. The molecule has 0 spiro atoms. The summed E-state index contributed by atoms with van der Waals surface area (Å²) in [5.74, 6) is -0.249. The minimum Gasteiger partial charge on any atom is -0.494 e. The molecule has 1 saturated heterocycles. The Balaban J connectivity index is 2.47. The van der Waals surface area contributed by atoms with Gasteiger partial charge < -0.3 is 9.84 Å². The molecule has 0 radical (unpaired) electrons. The van der Waals surface area contributed by atoms with Gasteiger partial charge in [0, 0.05) is 18.8 Å². The van der Waals surface area contributed by atoms with Gasteiger partial charge in [-0.05, 0) is 58.3 Å². The Bertz CT molecular complexity index is 845. The first-order valence-corrected chi connectivity index (χ1v) is 8.93. The highest BCUT2D eigenvalue weighted by Gasteiger charge is 2.27. The van der Waals surface area contributed by atoms with Crippen molar-refractivity contribution in [1.29, 1.82) is 0 Å². The zero-order valence-corrected chi connectivity index (χ0v) is 16.2. The van der Waals surface area contributed by atoms with Crippen molar-refractivity contribution in [3.63, 3.8) is 0 Å². The third-order valence-corrected chi connectivity index (χ3v) is 4.18. The summed E-state index contributed by atoms with van der Waals surface area (Å²) in [6.45, 7) is 9.79. The van der Waals surface area contributed by atoms with Gasteiger partial charge in [-0.1, -0.05) is 6.08 Å². The van der Waals surface area contributed by atoms with Crippen LogP contribution >= 0.6 is 12.2 Å². The van der Waals surface area contributed by atoms with Crippen LogP contribution in [0.1, 0.15) is 45.6 Å². The van der Waals surface area contributed by atoms with Crippen LogP contribution in [0.5, 0.6) is 5.88 Å². The molecule has 2 rings (SSSR count). The van der Waals surface area contributed by atoms with E-state index in [1.807, 2.05) is 0 Å². The quantitative estimate of drug-likeness (QED) is 0.619. The molecular formula is C18H25N3O4S. The number of allylic oxidation sites excluding steroid dienone is 2. The van der Waals surface area contributed by atoms with Gasteiger partial charge in [-0.2, -0.15) is 0 Å². The molecule has 0 atom stereocenters. The van der Waals surface area contributed by atoms with Gasteiger partial charge in [-0.15, -0.1) is 6.58 Å². The number of ether oxygens (including phenoxy) is 1. The molecule has 1 amide bonds. The SMILES string of the molecule is C=CCn1c(O)c(C=C2CCCCN2C(=O)OC(C)(C)C)c(=O)[nH]c1=S. The number of H-pyrrole nitrogens is 1. The monoisotopic (exact) mass is 379 g/mol. The van der Waals surface area contributed by atoms with Crippen LogP contribution in [-0.2, 0) is 11.3 Å². The Morgan fingerprint density at radius 2 is 2.12 bits per heavy atom. The number of hydrogen-bond acceptors (Lipinski definition) is 5. The second-order valence-electron chi connectivity index (χ2n) is 7.12. The molecule has 2 N–H and O–H groups in total. The van der Waals surface area contributed by atoms with Crippen LogP contribution in [-0.4, -0.2) is 37.8 Å². The topological polar surface area (TPSA) is 87.6 Å². The molecule has 1 aliphatic rings. The second kappa shape index (κ2) is 7.90. The number of aromatic nitrogens is 2. The Labute approximate surface area is 157 Å². The molecule has 142 valence electrons. The Morgan fingerprint density at radius 1 is 1.42 bits per heavy atom. The van der Waals surface area contributed by atoms with E-state index in [-0.39, 0.29) is 22.8 Å². The van der Waals surface area contributed by atoms with Gasteiger partial charge in [0.15, 0.2) is 4.77 Å². The van der Waals surface area contributed by atoms with Crippen molar-refractivity contribution in [3.05, 3.63) is 39.0 Å². The number of likely N-dealkylation sites (tertiary alicyclic amines) is 1. The number of aromatic amines is 1. The van der Waals surface area contributed by atoms with E-state index >= 15 is 0 Å². The van der Waals surface area contributed by atoms with E-state index in [4.69, 9.17) is 17.0 Å². The summed E-state index contributed by atoms with van der Waals surface area (Å²) in [6.07, 6.45) is 4.98. The van der Waals surface area contributed by atoms with Crippen LogP contribution in [0.2, 0.25) is 0 Å². The number of piperidine rings is 1. The van der Waals surface area contributed by atoms with E-state index in [0.717, 1.165) is 12.8 Å². The van der Waals surface area contributed by atoms with Crippen molar-refractivity contribution in [1.82, 2.24) is 14.5 Å². The maximum atomic E-state index is 12.5. The van der Waals surface area contributed by atoms with Crippen LogP contribution in [0, 0.1) is 4.77 Å². The zero-order valence-electron chi connectivity index (χ0n) is 15.4. The summed E-state index contributed by atoms with van der Waals surface area (Å²) in [5, 5.41) is 10.5. The normalized spacial score (nSPS) is 16.6. The van der Waals surface area contributed by atoms with Crippen molar-refractivity contribution >= 4 is 24.4 Å². The third-order valence-electron chi connectivity index (χ3n) is 3.85. The lowest BCUT2D eigenvalue weighted by Gasteiger charge is -2.32. The molecule has 7 nitrogen and oxygen atoms in total. The molecule has 26 heavy (non-hydrogen) atoms. The molecule has 8 heteroatoms. The molecule has 0 bridgehead atoms. The summed E-state index contributed by atoms with van der Waals surface area (Å²) < 4.78 is 6.93. The van der Waals surface area contributed by atoms with Crippen LogP contribution in [0.4, 0.5) is 4.79 Å². The minimum absolute atomic E-state index is 0.0610. The van der Waals surface area contributed by atoms with E-state index < -0.39 is 17.3 Å². The summed E-state index contributed by atoms with van der Waals surface area (Å²) in [4.78, 5) is 28.8. The first kappa shape index (κ1) is 20.0. The smallest absolute Gasteiger partial charge is 0.414 e. The number of hydrogen-bond donors (Lipinski definition) is 2. The Morgan fingerprint density at radius 3 is 2.73 bits per heavy atom. The fourth-order valence-electron chi connectivity index (χ4n) is 2.70. The van der Waals surface area contributed by atoms with Gasteiger partial charge in [0.05, 0.1) is 0 Å². The number of rotatable bonds is 3. The highest BCUT2D eigenvalue weighted by Crippen LogP contribution is 2.26. The van der Waals surface area contributed by atoms with Crippen LogP contribution < -0.4 is 5.56 Å². The maximum absolute atomic E-state index is 12.5. The summed E-state index contributed by atoms with van der Waals surface area (Å²) in [5.41, 5.74) is -0.426. The largest absolute Gasteiger partial charge is 0.494 e. The average molecular weight is 379 g/mol. The number of amides is 1. The minimum atomic E-state index is -0.615. The molecule has 1 aromatic heterocycles. The Hall–Kier alpha value is -2.35. The molecular weight excluding hydrogens is 354 g/mol. The van der Waals surface area contributed by atoms with Crippen LogP contribution in [0.3, 0.4) is 0 Å². The van der Waals surface area contributed by atoms with Gasteiger partial charge in [0.25, 0.3) is 5.56 Å². The second-order valence-corrected chi connectivity index (χ2v) is 7.51.